The third kappa shape index (κ3) is 3.20. The van der Waals surface area contributed by atoms with Gasteiger partial charge in [0.05, 0.1) is 17.2 Å². The van der Waals surface area contributed by atoms with Crippen molar-refractivity contribution in [3.8, 4) is 17.5 Å². The first-order chi connectivity index (χ1) is 14.2. The average molecular weight is 414 g/mol. The van der Waals surface area contributed by atoms with Crippen LogP contribution in [-0.4, -0.2) is 14.7 Å². The van der Waals surface area contributed by atoms with Crippen LogP contribution >= 0.6 is 0 Å². The Morgan fingerprint density at radius 3 is 2.47 bits per heavy atom. The predicted octanol–water partition coefficient (Wildman–Crippen LogP) is 5.64. The number of nitriles is 1. The van der Waals surface area contributed by atoms with E-state index in [1.54, 1.807) is 24.5 Å². The van der Waals surface area contributed by atoms with Gasteiger partial charge in [-0.1, -0.05) is 5.16 Å². The van der Waals surface area contributed by atoms with Crippen LogP contribution in [0, 0.1) is 24.1 Å². The van der Waals surface area contributed by atoms with E-state index in [0.717, 1.165) is 6.07 Å². The molecule has 0 amide bonds. The molecule has 0 radical (unpaired) electrons. The first kappa shape index (κ1) is 19.6. The highest BCUT2D eigenvalue weighted by molar-refractivity contribution is 5.87. The van der Waals surface area contributed by atoms with Crippen LogP contribution in [0.25, 0.3) is 22.3 Å². The van der Waals surface area contributed by atoms with Crippen molar-refractivity contribution in [2.45, 2.75) is 26.1 Å². The molecule has 0 fully saturated rings. The summed E-state index contributed by atoms with van der Waals surface area (Å²) < 4.78 is 61.0. The van der Waals surface area contributed by atoms with Gasteiger partial charge in [-0.25, -0.2) is 4.39 Å². The molecule has 5 nitrogen and oxygen atoms in total. The zero-order valence-corrected chi connectivity index (χ0v) is 15.8. The molecule has 1 atom stereocenters. The SMILES string of the molecule is Cc1cc2c(C(F)(F)F)c(C#N)ccc2n1C(C)c1nc(-c2ccc(F)cc2)no1. The second kappa shape index (κ2) is 6.99. The summed E-state index contributed by atoms with van der Waals surface area (Å²) in [6.07, 6.45) is -4.67. The Kier molecular flexibility index (Phi) is 4.57. The van der Waals surface area contributed by atoms with E-state index < -0.39 is 29.2 Å². The van der Waals surface area contributed by atoms with Crippen molar-refractivity contribution >= 4 is 10.9 Å². The molecule has 0 aliphatic heterocycles. The molecule has 0 saturated heterocycles. The first-order valence-electron chi connectivity index (χ1n) is 8.92. The van der Waals surface area contributed by atoms with Gasteiger partial charge in [-0.3, -0.25) is 0 Å². The standard InChI is InChI=1S/C21H14F4N4O/c1-11-9-16-17(8-5-14(10-26)18(16)21(23,24)25)29(11)12(2)20-27-19(28-30-20)13-3-6-15(22)7-4-13/h3-9,12H,1-2H3. The molecular weight excluding hydrogens is 400 g/mol. The Bertz CT molecular complexity index is 1280. The highest BCUT2D eigenvalue weighted by Gasteiger charge is 2.37. The van der Waals surface area contributed by atoms with Crippen LogP contribution < -0.4 is 0 Å². The molecule has 2 heterocycles. The van der Waals surface area contributed by atoms with E-state index in [2.05, 4.69) is 10.1 Å². The van der Waals surface area contributed by atoms with Gasteiger partial charge >= 0.3 is 6.18 Å². The summed E-state index contributed by atoms with van der Waals surface area (Å²) in [5, 5.41) is 12.9. The van der Waals surface area contributed by atoms with Crippen LogP contribution in [0.3, 0.4) is 0 Å². The second-order valence-corrected chi connectivity index (χ2v) is 6.83. The lowest BCUT2D eigenvalue weighted by atomic mass is 10.0. The minimum absolute atomic E-state index is 0.0656. The van der Waals surface area contributed by atoms with E-state index >= 15 is 0 Å². The highest BCUT2D eigenvalue weighted by atomic mass is 19.4. The molecule has 0 aliphatic rings. The fraction of sp³-hybridized carbons (Fsp3) is 0.190. The van der Waals surface area contributed by atoms with Crippen LogP contribution in [0.5, 0.6) is 0 Å². The predicted molar refractivity (Wildman–Crippen MR) is 99.9 cm³/mol. The number of halogens is 4. The van der Waals surface area contributed by atoms with Crippen LogP contribution in [0.2, 0.25) is 0 Å². The zero-order valence-electron chi connectivity index (χ0n) is 15.8. The molecule has 4 rings (SSSR count). The number of alkyl halides is 3. The fourth-order valence-corrected chi connectivity index (χ4v) is 3.58. The van der Waals surface area contributed by atoms with Gasteiger partial charge in [-0.15, -0.1) is 0 Å². The third-order valence-corrected chi connectivity index (χ3v) is 4.91. The van der Waals surface area contributed by atoms with E-state index in [-0.39, 0.29) is 17.1 Å². The van der Waals surface area contributed by atoms with Crippen LogP contribution in [0.1, 0.15) is 35.7 Å². The minimum Gasteiger partial charge on any atom is -0.337 e. The molecule has 2 aromatic carbocycles. The summed E-state index contributed by atoms with van der Waals surface area (Å²) in [7, 11) is 0. The second-order valence-electron chi connectivity index (χ2n) is 6.83. The van der Waals surface area contributed by atoms with E-state index in [1.807, 2.05) is 0 Å². The Morgan fingerprint density at radius 2 is 1.83 bits per heavy atom. The maximum absolute atomic E-state index is 13.6. The van der Waals surface area contributed by atoms with Crippen molar-refractivity contribution in [3.05, 3.63) is 71.0 Å². The molecule has 0 aliphatic carbocycles. The number of hydrogen-bond donors (Lipinski definition) is 0. The summed E-state index contributed by atoms with van der Waals surface area (Å²) in [6, 6.07) is 10.6. The molecule has 2 aromatic heterocycles. The number of hydrogen-bond acceptors (Lipinski definition) is 4. The van der Waals surface area contributed by atoms with E-state index in [1.165, 1.54) is 36.4 Å². The number of aromatic nitrogens is 3. The molecule has 9 heteroatoms. The van der Waals surface area contributed by atoms with Gasteiger partial charge in [0, 0.05) is 22.2 Å². The Labute approximate surface area is 168 Å². The van der Waals surface area contributed by atoms with Crippen molar-refractivity contribution in [1.82, 2.24) is 14.7 Å². The Morgan fingerprint density at radius 1 is 1.13 bits per heavy atom. The lowest BCUT2D eigenvalue weighted by Crippen LogP contribution is -2.11. The topological polar surface area (TPSA) is 67.6 Å². The maximum Gasteiger partial charge on any atom is 0.418 e. The number of nitrogens with zero attached hydrogens (tertiary/aromatic N) is 4. The molecule has 0 saturated carbocycles. The van der Waals surface area contributed by atoms with Gasteiger partial charge in [0.1, 0.15) is 11.9 Å². The van der Waals surface area contributed by atoms with Crippen molar-refractivity contribution in [2.75, 3.05) is 0 Å². The largest absolute Gasteiger partial charge is 0.418 e. The van der Waals surface area contributed by atoms with Crippen LogP contribution in [0.15, 0.2) is 47.0 Å². The molecule has 0 N–H and O–H groups in total. The van der Waals surface area contributed by atoms with Crippen LogP contribution in [-0.2, 0) is 6.18 Å². The molecule has 4 aromatic rings. The van der Waals surface area contributed by atoms with Crippen LogP contribution in [0.4, 0.5) is 17.6 Å². The Balaban J connectivity index is 1.81. The lowest BCUT2D eigenvalue weighted by Gasteiger charge is -2.15. The molecule has 0 spiro atoms. The summed E-state index contributed by atoms with van der Waals surface area (Å²) in [5.74, 6) is 0.0315. The van der Waals surface area contributed by atoms with E-state index in [4.69, 9.17) is 9.78 Å². The third-order valence-electron chi connectivity index (χ3n) is 4.91. The van der Waals surface area contributed by atoms with Crippen molar-refractivity contribution in [2.24, 2.45) is 0 Å². The summed E-state index contributed by atoms with van der Waals surface area (Å²) >= 11 is 0. The monoisotopic (exact) mass is 414 g/mol. The zero-order chi connectivity index (χ0) is 21.6. The van der Waals surface area contributed by atoms with Gasteiger partial charge in [0.2, 0.25) is 11.7 Å². The average Bonchev–Trinajstić information content (AvgIpc) is 3.30. The van der Waals surface area contributed by atoms with E-state index in [0.29, 0.717) is 16.8 Å². The van der Waals surface area contributed by atoms with E-state index in [9.17, 15) is 17.6 Å². The maximum atomic E-state index is 13.6. The Hall–Kier alpha value is -3.67. The van der Waals surface area contributed by atoms with Crippen molar-refractivity contribution in [1.29, 1.82) is 5.26 Å². The molecule has 0 bridgehead atoms. The number of aryl methyl sites for hydroxylation is 1. The van der Waals surface area contributed by atoms with Crippen molar-refractivity contribution < 1.29 is 22.1 Å². The summed E-state index contributed by atoms with van der Waals surface area (Å²) in [4.78, 5) is 4.32. The van der Waals surface area contributed by atoms with Gasteiger partial charge in [-0.2, -0.15) is 23.4 Å². The molecule has 1 unspecified atom stereocenters. The van der Waals surface area contributed by atoms with Crippen molar-refractivity contribution in [3.63, 3.8) is 0 Å². The lowest BCUT2D eigenvalue weighted by molar-refractivity contribution is -0.136. The summed E-state index contributed by atoms with van der Waals surface area (Å²) in [5.41, 5.74) is -0.0107. The summed E-state index contributed by atoms with van der Waals surface area (Å²) in [6.45, 7) is 3.39. The number of rotatable bonds is 3. The molecular formula is C21H14F4N4O. The minimum atomic E-state index is -4.67. The van der Waals surface area contributed by atoms with Gasteiger partial charge in [0.25, 0.3) is 0 Å². The molecule has 30 heavy (non-hydrogen) atoms. The van der Waals surface area contributed by atoms with Gasteiger partial charge in [0.15, 0.2) is 0 Å². The number of benzene rings is 2. The fourth-order valence-electron chi connectivity index (χ4n) is 3.58. The normalized spacial score (nSPS) is 12.8. The first-order valence-corrected chi connectivity index (χ1v) is 8.92. The van der Waals surface area contributed by atoms with Gasteiger partial charge in [-0.05, 0) is 56.3 Å². The molecule has 152 valence electrons. The quantitative estimate of drug-likeness (QED) is 0.407. The smallest absolute Gasteiger partial charge is 0.337 e. The van der Waals surface area contributed by atoms with Gasteiger partial charge < -0.3 is 9.09 Å². The highest BCUT2D eigenvalue weighted by Crippen LogP contribution is 2.39. The number of fused-ring (bicyclic) bond motifs is 1.